The lowest BCUT2D eigenvalue weighted by Gasteiger charge is -2.56. The van der Waals surface area contributed by atoms with Gasteiger partial charge in [-0.05, 0) is 99.2 Å². The number of fused-ring (bicyclic) bond motifs is 5. The topological polar surface area (TPSA) is 32.6 Å². The fourth-order valence-corrected chi connectivity index (χ4v) is 7.84. The van der Waals surface area contributed by atoms with E-state index in [-0.39, 0.29) is 0 Å². The van der Waals surface area contributed by atoms with E-state index >= 15 is 0 Å². The van der Waals surface area contributed by atoms with Gasteiger partial charge in [-0.3, -0.25) is 0 Å². The minimum absolute atomic E-state index is 0.409. The van der Waals surface area contributed by atoms with Gasteiger partial charge in [0, 0.05) is 5.92 Å². The first-order valence-corrected chi connectivity index (χ1v) is 10.2. The molecule has 2 unspecified atom stereocenters. The van der Waals surface area contributed by atoms with Gasteiger partial charge in [-0.15, -0.1) is 0 Å². The van der Waals surface area contributed by atoms with Crippen molar-refractivity contribution < 1.29 is 5.21 Å². The van der Waals surface area contributed by atoms with E-state index in [4.69, 9.17) is 0 Å². The van der Waals surface area contributed by atoms with E-state index in [1.165, 1.54) is 57.8 Å². The molecule has 0 aromatic rings. The van der Waals surface area contributed by atoms with Gasteiger partial charge in [0.1, 0.15) is 0 Å². The summed E-state index contributed by atoms with van der Waals surface area (Å²) in [5.74, 6) is 6.47. The van der Waals surface area contributed by atoms with Gasteiger partial charge in [-0.1, -0.05) is 25.4 Å². The Balaban J connectivity index is 1.56. The van der Waals surface area contributed by atoms with Crippen LogP contribution < -0.4 is 0 Å². The maximum absolute atomic E-state index is 9.30. The monoisotopic (exact) mass is 317 g/mol. The summed E-state index contributed by atoms with van der Waals surface area (Å²) in [6.45, 7) is 7.04. The third kappa shape index (κ3) is 2.38. The average Bonchev–Trinajstić information content (AvgIpc) is 2.90. The van der Waals surface area contributed by atoms with Gasteiger partial charge in [0.25, 0.3) is 0 Å². The van der Waals surface area contributed by atoms with Crippen molar-refractivity contribution in [3.63, 3.8) is 0 Å². The molecule has 4 fully saturated rings. The van der Waals surface area contributed by atoms with Gasteiger partial charge in [0.05, 0.1) is 5.71 Å². The lowest BCUT2D eigenvalue weighted by atomic mass is 9.49. The zero-order valence-corrected chi connectivity index (χ0v) is 15.3. The van der Waals surface area contributed by atoms with Crippen LogP contribution in [-0.2, 0) is 0 Å². The van der Waals surface area contributed by atoms with Crippen LogP contribution in [0.3, 0.4) is 0 Å². The van der Waals surface area contributed by atoms with E-state index in [9.17, 15) is 5.21 Å². The van der Waals surface area contributed by atoms with E-state index in [1.54, 1.807) is 0 Å². The third-order valence-electron chi connectivity index (χ3n) is 8.88. The summed E-state index contributed by atoms with van der Waals surface area (Å²) in [7, 11) is 0. The Kier molecular flexibility index (Phi) is 4.01. The van der Waals surface area contributed by atoms with E-state index < -0.39 is 0 Å². The molecule has 0 saturated heterocycles. The highest BCUT2D eigenvalue weighted by atomic mass is 16.4. The molecule has 0 radical (unpaired) electrons. The Morgan fingerprint density at radius 2 is 1.74 bits per heavy atom. The van der Waals surface area contributed by atoms with Gasteiger partial charge in [0.2, 0.25) is 0 Å². The van der Waals surface area contributed by atoms with E-state index in [0.29, 0.717) is 11.3 Å². The van der Waals surface area contributed by atoms with Crippen molar-refractivity contribution in [1.82, 2.24) is 0 Å². The molecule has 2 heteroatoms. The van der Waals surface area contributed by atoms with Crippen molar-refractivity contribution in [3.05, 3.63) is 0 Å². The van der Waals surface area contributed by atoms with Crippen molar-refractivity contribution in [3.8, 4) is 0 Å². The molecule has 0 spiro atoms. The largest absolute Gasteiger partial charge is 0.411 e. The molecule has 130 valence electrons. The number of hydrogen-bond donors (Lipinski definition) is 1. The summed E-state index contributed by atoms with van der Waals surface area (Å²) in [4.78, 5) is 0. The Hall–Kier alpha value is -0.530. The maximum Gasteiger partial charge on any atom is 0.0576 e. The van der Waals surface area contributed by atoms with Gasteiger partial charge in [-0.2, -0.15) is 0 Å². The van der Waals surface area contributed by atoms with Crippen molar-refractivity contribution >= 4 is 5.71 Å². The van der Waals surface area contributed by atoms with Gasteiger partial charge < -0.3 is 5.21 Å². The first-order chi connectivity index (χ1) is 11.0. The Morgan fingerprint density at radius 1 is 0.957 bits per heavy atom. The lowest BCUT2D eigenvalue weighted by Crippen LogP contribution is -2.49. The highest BCUT2D eigenvalue weighted by molar-refractivity contribution is 5.84. The number of oxime groups is 1. The van der Waals surface area contributed by atoms with Crippen molar-refractivity contribution in [2.75, 3.05) is 0 Å². The molecule has 8 atom stereocenters. The number of hydrogen-bond acceptors (Lipinski definition) is 2. The third-order valence-corrected chi connectivity index (χ3v) is 8.88. The van der Waals surface area contributed by atoms with Crippen LogP contribution in [0.5, 0.6) is 0 Å². The maximum atomic E-state index is 9.30. The summed E-state index contributed by atoms with van der Waals surface area (Å²) in [6.07, 6.45) is 12.9. The minimum Gasteiger partial charge on any atom is -0.411 e. The van der Waals surface area contributed by atoms with Crippen LogP contribution in [0.4, 0.5) is 0 Å². The van der Waals surface area contributed by atoms with Crippen LogP contribution in [0.15, 0.2) is 5.16 Å². The highest BCUT2D eigenvalue weighted by Gasteiger charge is 2.57. The van der Waals surface area contributed by atoms with Crippen molar-refractivity contribution in [1.29, 1.82) is 0 Å². The number of nitrogens with zero attached hydrogens (tertiary/aromatic N) is 1. The molecule has 0 heterocycles. The molecule has 0 aromatic carbocycles. The van der Waals surface area contributed by atoms with E-state index in [0.717, 1.165) is 41.2 Å². The Labute approximate surface area is 142 Å². The Morgan fingerprint density at radius 3 is 2.52 bits per heavy atom. The predicted molar refractivity (Wildman–Crippen MR) is 94.7 cm³/mol. The smallest absolute Gasteiger partial charge is 0.0576 e. The second-order valence-corrected chi connectivity index (χ2v) is 9.77. The zero-order valence-electron chi connectivity index (χ0n) is 15.3. The molecule has 4 aliphatic rings. The quantitative estimate of drug-likeness (QED) is 0.373. The molecule has 4 aliphatic carbocycles. The van der Waals surface area contributed by atoms with Crippen LogP contribution in [0.2, 0.25) is 0 Å². The molecule has 1 N–H and O–H groups in total. The van der Waals surface area contributed by atoms with E-state index in [1.807, 2.05) is 6.92 Å². The van der Waals surface area contributed by atoms with Crippen molar-refractivity contribution in [2.24, 2.45) is 52.0 Å². The van der Waals surface area contributed by atoms with E-state index in [2.05, 4.69) is 19.0 Å². The fourth-order valence-electron chi connectivity index (χ4n) is 7.84. The minimum atomic E-state index is 0.409. The first-order valence-electron chi connectivity index (χ1n) is 10.2. The van der Waals surface area contributed by atoms with Gasteiger partial charge in [0.15, 0.2) is 0 Å². The SMILES string of the molecule is C/C(=N\O)[C@H]1CCC2[C@@H]3CC[C@@H]4C[C@@H](C)CC[C@@H]4C3CC[C@@]21C. The molecule has 0 aromatic heterocycles. The average molecular weight is 318 g/mol. The predicted octanol–water partition coefficient (Wildman–Crippen LogP) is 5.74. The molecule has 0 bridgehead atoms. The Bertz CT molecular complexity index is 486. The lowest BCUT2D eigenvalue weighted by molar-refractivity contribution is -0.0609. The van der Waals surface area contributed by atoms with Gasteiger partial charge >= 0.3 is 0 Å². The standard InChI is InChI=1S/C21H35NO/c1-13-4-6-16-15(12-13)5-7-18-17(16)10-11-21(3)19(14(2)22-23)8-9-20(18)21/h13,15-20,23H,4-12H2,1-3H3/b22-14+/t13-,15+,16-,17?,18+,19+,20?,21+/m0/s1. The highest BCUT2D eigenvalue weighted by Crippen LogP contribution is 2.64. The zero-order chi connectivity index (χ0) is 16.2. The molecule has 2 nitrogen and oxygen atoms in total. The number of rotatable bonds is 1. The van der Waals surface area contributed by atoms with Crippen LogP contribution in [-0.4, -0.2) is 10.9 Å². The molecule has 4 saturated carbocycles. The fraction of sp³-hybridized carbons (Fsp3) is 0.952. The molecule has 23 heavy (non-hydrogen) atoms. The van der Waals surface area contributed by atoms with Crippen LogP contribution in [0.1, 0.15) is 78.6 Å². The summed E-state index contributed by atoms with van der Waals surface area (Å²) < 4.78 is 0. The van der Waals surface area contributed by atoms with Crippen molar-refractivity contribution in [2.45, 2.75) is 78.6 Å². The second-order valence-electron chi connectivity index (χ2n) is 9.77. The molecular formula is C21H35NO. The van der Waals surface area contributed by atoms with Crippen LogP contribution in [0, 0.1) is 46.8 Å². The van der Waals surface area contributed by atoms with Crippen LogP contribution in [0.25, 0.3) is 0 Å². The molecular weight excluding hydrogens is 282 g/mol. The summed E-state index contributed by atoms with van der Waals surface area (Å²) >= 11 is 0. The normalized spacial score (nSPS) is 53.3. The molecule has 4 rings (SSSR count). The summed E-state index contributed by atoms with van der Waals surface area (Å²) in [5.41, 5.74) is 1.40. The van der Waals surface area contributed by atoms with Gasteiger partial charge in [-0.25, -0.2) is 0 Å². The second kappa shape index (κ2) is 5.77. The first kappa shape index (κ1) is 16.0. The summed E-state index contributed by atoms with van der Waals surface area (Å²) in [5, 5.41) is 12.9. The van der Waals surface area contributed by atoms with Crippen LogP contribution >= 0.6 is 0 Å². The molecule has 0 amide bonds. The molecule has 0 aliphatic heterocycles. The summed E-state index contributed by atoms with van der Waals surface area (Å²) in [6, 6.07) is 0.